The summed E-state index contributed by atoms with van der Waals surface area (Å²) in [5.74, 6) is 0. The van der Waals surface area contributed by atoms with Gasteiger partial charge < -0.3 is 4.98 Å². The molecule has 108 valence electrons. The van der Waals surface area contributed by atoms with Crippen LogP contribution < -0.4 is 11.0 Å². The fourth-order valence-electron chi connectivity index (χ4n) is 2.09. The Morgan fingerprint density at radius 2 is 1.41 bits per heavy atom. The molecule has 0 saturated carbocycles. The van der Waals surface area contributed by atoms with E-state index in [1.165, 1.54) is 6.07 Å². The number of pyridine rings is 1. The second-order valence-corrected chi connectivity index (χ2v) is 4.75. The van der Waals surface area contributed by atoms with Crippen molar-refractivity contribution in [1.29, 1.82) is 0 Å². The highest BCUT2D eigenvalue weighted by Crippen LogP contribution is 2.12. The molecule has 0 radical (unpaired) electrons. The molecule has 0 unspecified atom stereocenters. The Morgan fingerprint density at radius 3 is 1.91 bits per heavy atom. The Balaban J connectivity index is 1.96. The lowest BCUT2D eigenvalue weighted by Crippen LogP contribution is -2.07. The van der Waals surface area contributed by atoms with Crippen LogP contribution in [0.1, 0.15) is 11.1 Å². The molecule has 0 saturated heterocycles. The van der Waals surface area contributed by atoms with Crippen molar-refractivity contribution < 1.29 is 0 Å². The van der Waals surface area contributed by atoms with E-state index in [1.54, 1.807) is 12.3 Å². The predicted molar refractivity (Wildman–Crippen MR) is 89.2 cm³/mol. The molecular weight excluding hydrogens is 274 g/mol. The number of benzene rings is 2. The van der Waals surface area contributed by atoms with E-state index in [9.17, 15) is 4.79 Å². The molecule has 4 heteroatoms. The van der Waals surface area contributed by atoms with E-state index in [0.29, 0.717) is 0 Å². The number of rotatable bonds is 4. The molecule has 0 aliphatic rings. The fraction of sp³-hybridized carbons (Fsp3) is 0. The molecule has 2 aromatic carbocycles. The lowest BCUT2D eigenvalue weighted by atomic mass is 10.0. The second kappa shape index (κ2) is 6.54. The molecule has 0 atom stereocenters. The molecule has 4 nitrogen and oxygen atoms in total. The molecule has 2 N–H and O–H groups in total. The van der Waals surface area contributed by atoms with Crippen LogP contribution >= 0.6 is 0 Å². The maximum absolute atomic E-state index is 11.1. The van der Waals surface area contributed by atoms with E-state index in [-0.39, 0.29) is 5.56 Å². The number of hydrogen-bond donors (Lipinski definition) is 2. The zero-order chi connectivity index (χ0) is 15.2. The van der Waals surface area contributed by atoms with E-state index in [0.717, 1.165) is 22.5 Å². The van der Waals surface area contributed by atoms with Crippen molar-refractivity contribution in [2.75, 3.05) is 5.43 Å². The van der Waals surface area contributed by atoms with Crippen molar-refractivity contribution in [2.24, 2.45) is 5.10 Å². The lowest BCUT2D eigenvalue weighted by molar-refractivity contribution is 1.21. The van der Waals surface area contributed by atoms with Gasteiger partial charge in [-0.2, -0.15) is 5.10 Å². The van der Waals surface area contributed by atoms with E-state index in [1.807, 2.05) is 60.7 Å². The summed E-state index contributed by atoms with van der Waals surface area (Å²) in [5.41, 5.74) is 6.45. The van der Waals surface area contributed by atoms with Crippen LogP contribution in [0.3, 0.4) is 0 Å². The number of hydrogen-bond acceptors (Lipinski definition) is 3. The number of aromatic nitrogens is 1. The fourth-order valence-corrected chi connectivity index (χ4v) is 2.09. The number of aromatic amines is 1. The Hall–Kier alpha value is -3.14. The average Bonchev–Trinajstić information content (AvgIpc) is 2.59. The number of nitrogens with one attached hydrogen (secondary N) is 2. The molecule has 0 amide bonds. The first-order valence-electron chi connectivity index (χ1n) is 6.96. The second-order valence-electron chi connectivity index (χ2n) is 4.75. The summed E-state index contributed by atoms with van der Waals surface area (Å²) in [5, 5.41) is 4.51. The van der Waals surface area contributed by atoms with Gasteiger partial charge >= 0.3 is 0 Å². The highest BCUT2D eigenvalue weighted by molar-refractivity contribution is 6.13. The van der Waals surface area contributed by atoms with Crippen LogP contribution in [0.25, 0.3) is 0 Å². The van der Waals surface area contributed by atoms with Crippen molar-refractivity contribution >= 4 is 11.4 Å². The largest absolute Gasteiger partial charge is 0.327 e. The van der Waals surface area contributed by atoms with Gasteiger partial charge in [0, 0.05) is 23.4 Å². The number of H-pyrrole nitrogens is 1. The van der Waals surface area contributed by atoms with Gasteiger partial charge in [0.05, 0.1) is 11.4 Å². The normalized spacial score (nSPS) is 10.0. The van der Waals surface area contributed by atoms with Gasteiger partial charge in [-0.25, -0.2) is 0 Å². The Kier molecular flexibility index (Phi) is 4.11. The van der Waals surface area contributed by atoms with Gasteiger partial charge in [-0.15, -0.1) is 0 Å². The topological polar surface area (TPSA) is 57.2 Å². The Bertz CT molecular complexity index is 762. The summed E-state index contributed by atoms with van der Waals surface area (Å²) < 4.78 is 0. The van der Waals surface area contributed by atoms with Gasteiger partial charge in [-0.05, 0) is 6.07 Å². The van der Waals surface area contributed by atoms with Gasteiger partial charge in [0.1, 0.15) is 0 Å². The zero-order valence-corrected chi connectivity index (χ0v) is 11.9. The maximum Gasteiger partial charge on any atom is 0.248 e. The van der Waals surface area contributed by atoms with Gasteiger partial charge in [0.2, 0.25) is 5.56 Å². The maximum atomic E-state index is 11.1. The van der Waals surface area contributed by atoms with Gasteiger partial charge in [-0.3, -0.25) is 10.2 Å². The average molecular weight is 289 g/mol. The van der Waals surface area contributed by atoms with Gasteiger partial charge in [0.15, 0.2) is 0 Å². The molecule has 0 spiro atoms. The molecule has 3 rings (SSSR count). The third-order valence-electron chi connectivity index (χ3n) is 3.18. The summed E-state index contributed by atoms with van der Waals surface area (Å²) in [7, 11) is 0. The van der Waals surface area contributed by atoms with Crippen molar-refractivity contribution in [3.05, 3.63) is 100 Å². The van der Waals surface area contributed by atoms with Gasteiger partial charge in [0.25, 0.3) is 0 Å². The van der Waals surface area contributed by atoms with Crippen molar-refractivity contribution in [3.63, 3.8) is 0 Å². The van der Waals surface area contributed by atoms with E-state index >= 15 is 0 Å². The molecule has 0 aliphatic heterocycles. The SMILES string of the molecule is O=c1ccc(NN=C(c2ccccc2)c2ccccc2)c[nH]1. The predicted octanol–water partition coefficient (Wildman–Crippen LogP) is 3.24. The van der Waals surface area contributed by atoms with Crippen LogP contribution in [0, 0.1) is 0 Å². The van der Waals surface area contributed by atoms with Crippen molar-refractivity contribution in [3.8, 4) is 0 Å². The molecule has 0 aliphatic carbocycles. The molecule has 22 heavy (non-hydrogen) atoms. The number of anilines is 1. The van der Waals surface area contributed by atoms with Crippen LogP contribution in [-0.4, -0.2) is 10.7 Å². The third kappa shape index (κ3) is 3.30. The highest BCUT2D eigenvalue weighted by atomic mass is 16.1. The summed E-state index contributed by atoms with van der Waals surface area (Å²) in [6.07, 6.45) is 1.60. The molecule has 0 bridgehead atoms. The van der Waals surface area contributed by atoms with E-state index in [4.69, 9.17) is 0 Å². The van der Waals surface area contributed by atoms with Crippen molar-refractivity contribution in [2.45, 2.75) is 0 Å². The molecule has 1 aromatic heterocycles. The van der Waals surface area contributed by atoms with Crippen LogP contribution in [0.4, 0.5) is 5.69 Å². The first kappa shape index (κ1) is 13.8. The van der Waals surface area contributed by atoms with Crippen LogP contribution in [0.15, 0.2) is 88.9 Å². The number of nitrogens with zero attached hydrogens (tertiary/aromatic N) is 1. The summed E-state index contributed by atoms with van der Waals surface area (Å²) >= 11 is 0. The van der Waals surface area contributed by atoms with Crippen molar-refractivity contribution in [1.82, 2.24) is 4.98 Å². The van der Waals surface area contributed by atoms with E-state index < -0.39 is 0 Å². The van der Waals surface area contributed by atoms with Gasteiger partial charge in [-0.1, -0.05) is 60.7 Å². The van der Waals surface area contributed by atoms with Crippen LogP contribution in [0.5, 0.6) is 0 Å². The van der Waals surface area contributed by atoms with Crippen LogP contribution in [0.2, 0.25) is 0 Å². The smallest absolute Gasteiger partial charge is 0.248 e. The van der Waals surface area contributed by atoms with E-state index in [2.05, 4.69) is 15.5 Å². The standard InChI is InChI=1S/C18H15N3O/c22-17-12-11-16(13-19-17)20-21-18(14-7-3-1-4-8-14)15-9-5-2-6-10-15/h1-13,20H,(H,19,22). The minimum atomic E-state index is -0.138. The Labute approximate surface area is 128 Å². The summed E-state index contributed by atoms with van der Waals surface area (Å²) in [6, 6.07) is 23.1. The molecular formula is C18H15N3O. The quantitative estimate of drug-likeness (QED) is 0.572. The first-order chi connectivity index (χ1) is 10.8. The lowest BCUT2D eigenvalue weighted by Gasteiger charge is -2.08. The zero-order valence-electron chi connectivity index (χ0n) is 11.9. The minimum Gasteiger partial charge on any atom is -0.327 e. The molecule has 0 fully saturated rings. The first-order valence-corrected chi connectivity index (χ1v) is 6.96. The third-order valence-corrected chi connectivity index (χ3v) is 3.18. The van der Waals surface area contributed by atoms with Crippen LogP contribution in [-0.2, 0) is 0 Å². The highest BCUT2D eigenvalue weighted by Gasteiger charge is 2.06. The number of hydrazone groups is 1. The molecule has 1 heterocycles. The monoisotopic (exact) mass is 289 g/mol. The summed E-state index contributed by atoms with van der Waals surface area (Å²) in [6.45, 7) is 0. The Morgan fingerprint density at radius 1 is 0.818 bits per heavy atom. The minimum absolute atomic E-state index is 0.138. The summed E-state index contributed by atoms with van der Waals surface area (Å²) in [4.78, 5) is 13.7. The molecule has 3 aromatic rings.